The lowest BCUT2D eigenvalue weighted by molar-refractivity contribution is 0.177. The van der Waals surface area contributed by atoms with E-state index in [1.54, 1.807) is 27.4 Å². The highest BCUT2D eigenvalue weighted by atomic mass is 32.1. The molecule has 0 aliphatic heterocycles. The second-order valence-electron chi connectivity index (χ2n) is 4.05. The summed E-state index contributed by atoms with van der Waals surface area (Å²) in [4.78, 5) is 7.40. The molecule has 106 valence electrons. The fourth-order valence-electron chi connectivity index (χ4n) is 1.96. The number of nitrogens with zero attached hydrogens (tertiary/aromatic N) is 1. The number of aromatic nitrogens is 2. The predicted octanol–water partition coefficient (Wildman–Crippen LogP) is 2.97. The predicted molar refractivity (Wildman–Crippen MR) is 78.7 cm³/mol. The summed E-state index contributed by atoms with van der Waals surface area (Å²) in [5.41, 5.74) is 1.59. The SMILES string of the molecule is COCc1nc(=S)cc(-c2c(OC)cccc2OC)[nH]1. The zero-order chi connectivity index (χ0) is 14.5. The lowest BCUT2D eigenvalue weighted by Gasteiger charge is -2.13. The summed E-state index contributed by atoms with van der Waals surface area (Å²) in [6.07, 6.45) is 0. The van der Waals surface area contributed by atoms with Crippen molar-refractivity contribution in [2.45, 2.75) is 6.61 Å². The Balaban J connectivity index is 2.64. The van der Waals surface area contributed by atoms with Crippen LogP contribution in [0.1, 0.15) is 5.82 Å². The molecule has 0 aliphatic carbocycles. The van der Waals surface area contributed by atoms with Crippen LogP contribution >= 0.6 is 12.2 Å². The molecule has 0 radical (unpaired) electrons. The van der Waals surface area contributed by atoms with Gasteiger partial charge in [0.1, 0.15) is 28.6 Å². The van der Waals surface area contributed by atoms with Crippen LogP contribution in [0.5, 0.6) is 11.5 Å². The number of rotatable bonds is 5. The van der Waals surface area contributed by atoms with E-state index < -0.39 is 0 Å². The van der Waals surface area contributed by atoms with Gasteiger partial charge in [-0.05, 0) is 18.2 Å². The molecule has 20 heavy (non-hydrogen) atoms. The number of nitrogens with one attached hydrogen (secondary N) is 1. The molecule has 0 saturated heterocycles. The lowest BCUT2D eigenvalue weighted by atomic mass is 10.1. The van der Waals surface area contributed by atoms with E-state index in [0.717, 1.165) is 11.3 Å². The monoisotopic (exact) mass is 292 g/mol. The normalized spacial score (nSPS) is 10.3. The van der Waals surface area contributed by atoms with Gasteiger partial charge in [0, 0.05) is 7.11 Å². The summed E-state index contributed by atoms with van der Waals surface area (Å²) < 4.78 is 16.4. The second-order valence-corrected chi connectivity index (χ2v) is 4.47. The van der Waals surface area contributed by atoms with Gasteiger partial charge in [-0.25, -0.2) is 4.98 Å². The van der Waals surface area contributed by atoms with Crippen molar-refractivity contribution in [2.75, 3.05) is 21.3 Å². The van der Waals surface area contributed by atoms with E-state index >= 15 is 0 Å². The molecule has 1 heterocycles. The molecular weight excluding hydrogens is 276 g/mol. The standard InChI is InChI=1S/C14H16N2O3S/c1-17-8-12-15-9(7-13(20)16-12)14-10(18-2)5-4-6-11(14)19-3/h4-7H,8H2,1-3H3,(H,15,16,20). The van der Waals surface area contributed by atoms with Crippen molar-refractivity contribution < 1.29 is 14.2 Å². The molecule has 0 aliphatic rings. The first-order chi connectivity index (χ1) is 9.69. The summed E-state index contributed by atoms with van der Waals surface area (Å²) in [7, 11) is 4.84. The van der Waals surface area contributed by atoms with Gasteiger partial charge in [-0.3, -0.25) is 0 Å². The first-order valence-corrected chi connectivity index (χ1v) is 6.41. The van der Waals surface area contributed by atoms with Crippen LogP contribution in [-0.4, -0.2) is 31.3 Å². The Bertz CT molecular complexity index is 633. The second kappa shape index (κ2) is 6.49. The van der Waals surface area contributed by atoms with Crippen LogP contribution in [0, 0.1) is 4.64 Å². The van der Waals surface area contributed by atoms with Gasteiger partial charge in [0.15, 0.2) is 0 Å². The van der Waals surface area contributed by atoms with Crippen molar-refractivity contribution in [1.82, 2.24) is 9.97 Å². The highest BCUT2D eigenvalue weighted by Gasteiger charge is 2.13. The minimum absolute atomic E-state index is 0.356. The maximum Gasteiger partial charge on any atom is 0.134 e. The van der Waals surface area contributed by atoms with Gasteiger partial charge in [-0.1, -0.05) is 18.3 Å². The highest BCUT2D eigenvalue weighted by molar-refractivity contribution is 7.71. The van der Waals surface area contributed by atoms with Crippen molar-refractivity contribution in [3.63, 3.8) is 0 Å². The molecule has 0 amide bonds. The van der Waals surface area contributed by atoms with Crippen molar-refractivity contribution in [3.05, 3.63) is 34.7 Å². The molecule has 5 nitrogen and oxygen atoms in total. The molecule has 2 aromatic rings. The number of ether oxygens (including phenoxy) is 3. The van der Waals surface area contributed by atoms with Crippen LogP contribution in [0.2, 0.25) is 0 Å². The average Bonchev–Trinajstić information content (AvgIpc) is 2.46. The average molecular weight is 292 g/mol. The van der Waals surface area contributed by atoms with Gasteiger partial charge in [0.05, 0.1) is 25.5 Å². The van der Waals surface area contributed by atoms with E-state index in [1.807, 2.05) is 18.2 Å². The van der Waals surface area contributed by atoms with Crippen LogP contribution in [0.15, 0.2) is 24.3 Å². The molecule has 0 spiro atoms. The van der Waals surface area contributed by atoms with E-state index in [-0.39, 0.29) is 0 Å². The van der Waals surface area contributed by atoms with Crippen LogP contribution in [0.4, 0.5) is 0 Å². The molecule has 1 aromatic carbocycles. The van der Waals surface area contributed by atoms with E-state index in [0.29, 0.717) is 28.6 Å². The van der Waals surface area contributed by atoms with Crippen LogP contribution in [0.3, 0.4) is 0 Å². The molecule has 6 heteroatoms. The van der Waals surface area contributed by atoms with Gasteiger partial charge in [0.2, 0.25) is 0 Å². The number of aromatic amines is 1. The molecule has 0 atom stereocenters. The third-order valence-electron chi connectivity index (χ3n) is 2.77. The molecule has 1 aromatic heterocycles. The number of hydrogen-bond acceptors (Lipinski definition) is 5. The van der Waals surface area contributed by atoms with Crippen molar-refractivity contribution >= 4 is 12.2 Å². The maximum absolute atomic E-state index is 5.40. The number of H-pyrrole nitrogens is 1. The third-order valence-corrected chi connectivity index (χ3v) is 2.98. The van der Waals surface area contributed by atoms with Crippen LogP contribution < -0.4 is 9.47 Å². The molecule has 0 bridgehead atoms. The lowest BCUT2D eigenvalue weighted by Crippen LogP contribution is -2.01. The van der Waals surface area contributed by atoms with Gasteiger partial charge >= 0.3 is 0 Å². The Morgan fingerprint density at radius 1 is 1.15 bits per heavy atom. The molecule has 1 N–H and O–H groups in total. The Kier molecular flexibility index (Phi) is 4.70. The van der Waals surface area contributed by atoms with Crippen molar-refractivity contribution in [1.29, 1.82) is 0 Å². The minimum Gasteiger partial charge on any atom is -0.496 e. The summed E-state index contributed by atoms with van der Waals surface area (Å²) in [6.45, 7) is 0.356. The Morgan fingerprint density at radius 2 is 1.80 bits per heavy atom. The summed E-state index contributed by atoms with van der Waals surface area (Å²) in [5.74, 6) is 2.05. The molecule has 0 unspecified atom stereocenters. The third kappa shape index (κ3) is 2.97. The van der Waals surface area contributed by atoms with Gasteiger partial charge in [-0.2, -0.15) is 0 Å². The zero-order valence-corrected chi connectivity index (χ0v) is 12.4. The van der Waals surface area contributed by atoms with Gasteiger partial charge < -0.3 is 19.2 Å². The van der Waals surface area contributed by atoms with Crippen molar-refractivity contribution in [2.24, 2.45) is 0 Å². The fraction of sp³-hybridized carbons (Fsp3) is 0.286. The smallest absolute Gasteiger partial charge is 0.134 e. The van der Waals surface area contributed by atoms with E-state index in [4.69, 9.17) is 26.4 Å². The number of methoxy groups -OCH3 is 3. The van der Waals surface area contributed by atoms with Gasteiger partial charge in [-0.15, -0.1) is 0 Å². The Hall–Kier alpha value is -1.92. The largest absolute Gasteiger partial charge is 0.496 e. The Labute approximate surface area is 122 Å². The number of benzene rings is 1. The molecular formula is C14H16N2O3S. The molecule has 0 fully saturated rings. The van der Waals surface area contributed by atoms with E-state index in [1.165, 1.54) is 0 Å². The Morgan fingerprint density at radius 3 is 2.35 bits per heavy atom. The minimum atomic E-state index is 0.356. The van der Waals surface area contributed by atoms with E-state index in [9.17, 15) is 0 Å². The first kappa shape index (κ1) is 14.5. The fourth-order valence-corrected chi connectivity index (χ4v) is 2.19. The van der Waals surface area contributed by atoms with Crippen LogP contribution in [-0.2, 0) is 11.3 Å². The van der Waals surface area contributed by atoms with Crippen molar-refractivity contribution in [3.8, 4) is 22.8 Å². The van der Waals surface area contributed by atoms with E-state index in [2.05, 4.69) is 9.97 Å². The summed E-state index contributed by atoms with van der Waals surface area (Å²) in [6, 6.07) is 7.37. The number of hydrogen-bond donors (Lipinski definition) is 1. The van der Waals surface area contributed by atoms with Gasteiger partial charge in [0.25, 0.3) is 0 Å². The zero-order valence-electron chi connectivity index (χ0n) is 11.6. The quantitative estimate of drug-likeness (QED) is 0.859. The van der Waals surface area contributed by atoms with Crippen LogP contribution in [0.25, 0.3) is 11.3 Å². The summed E-state index contributed by atoms with van der Waals surface area (Å²) >= 11 is 5.19. The molecule has 0 saturated carbocycles. The first-order valence-electron chi connectivity index (χ1n) is 6.00. The highest BCUT2D eigenvalue weighted by Crippen LogP contribution is 2.37. The summed E-state index contributed by atoms with van der Waals surface area (Å²) in [5, 5.41) is 0. The topological polar surface area (TPSA) is 56.4 Å². The maximum atomic E-state index is 5.40. The molecule has 2 rings (SSSR count).